The Hall–Kier alpha value is -2.29. The van der Waals surface area contributed by atoms with Gasteiger partial charge in [-0.15, -0.1) is 0 Å². The van der Waals surface area contributed by atoms with Gasteiger partial charge < -0.3 is 11.5 Å². The maximum Gasteiger partial charge on any atom is 0.248 e. The van der Waals surface area contributed by atoms with Crippen molar-refractivity contribution < 1.29 is 4.79 Å². The first-order chi connectivity index (χ1) is 8.42. The molecular weight excluding hydrogens is 224 g/mol. The minimum atomic E-state index is -0.513. The molecule has 4 N–H and O–H groups in total. The molecule has 96 valence electrons. The van der Waals surface area contributed by atoms with E-state index in [2.05, 4.69) is 13.2 Å². The zero-order chi connectivity index (χ0) is 14.1. The van der Waals surface area contributed by atoms with Crippen molar-refractivity contribution in [2.45, 2.75) is 13.8 Å². The second-order valence-electron chi connectivity index (χ2n) is 3.72. The van der Waals surface area contributed by atoms with E-state index in [4.69, 9.17) is 11.5 Å². The highest BCUT2D eigenvalue weighted by molar-refractivity contribution is 5.95. The van der Waals surface area contributed by atoms with Crippen molar-refractivity contribution in [3.8, 4) is 0 Å². The van der Waals surface area contributed by atoms with E-state index in [0.717, 1.165) is 5.57 Å². The van der Waals surface area contributed by atoms with Crippen LogP contribution in [0, 0.1) is 0 Å². The Morgan fingerprint density at radius 2 is 1.83 bits per heavy atom. The molecule has 0 aliphatic rings. The molecule has 0 saturated carbocycles. The topological polar surface area (TPSA) is 69.1 Å². The van der Waals surface area contributed by atoms with Gasteiger partial charge in [-0.3, -0.25) is 4.79 Å². The maximum atomic E-state index is 11.0. The van der Waals surface area contributed by atoms with Crippen molar-refractivity contribution in [1.82, 2.24) is 0 Å². The molecule has 0 radical (unpaired) electrons. The van der Waals surface area contributed by atoms with Crippen molar-refractivity contribution in [1.29, 1.82) is 0 Å². The number of hydrogen-bond acceptors (Lipinski definition) is 2. The number of allylic oxidation sites excluding steroid dienone is 6. The fourth-order valence-electron chi connectivity index (χ4n) is 1.18. The number of rotatable bonds is 6. The van der Waals surface area contributed by atoms with Crippen molar-refractivity contribution in [3.63, 3.8) is 0 Å². The number of carbonyl (C=O) groups excluding carboxylic acids is 1. The Morgan fingerprint density at radius 1 is 1.22 bits per heavy atom. The monoisotopic (exact) mass is 244 g/mol. The Labute approximate surface area is 109 Å². The average molecular weight is 244 g/mol. The van der Waals surface area contributed by atoms with Gasteiger partial charge in [-0.25, -0.2) is 0 Å². The molecule has 0 aromatic rings. The number of primary amides is 1. The number of amides is 1. The second-order valence-corrected chi connectivity index (χ2v) is 3.72. The van der Waals surface area contributed by atoms with E-state index in [1.807, 2.05) is 25.2 Å². The molecule has 1 amide bonds. The SMILES string of the molecule is C=C/C=C\C(C)=C/C(=C)/C(N)=C/C(=C\C)C(N)=O. The van der Waals surface area contributed by atoms with Gasteiger partial charge in [0.1, 0.15) is 0 Å². The maximum absolute atomic E-state index is 11.0. The third kappa shape index (κ3) is 5.70. The molecular formula is C15H20N2O. The highest BCUT2D eigenvalue weighted by Gasteiger charge is 2.02. The van der Waals surface area contributed by atoms with Gasteiger partial charge in [-0.1, -0.05) is 49.1 Å². The van der Waals surface area contributed by atoms with E-state index < -0.39 is 5.91 Å². The third-order valence-corrected chi connectivity index (χ3v) is 2.17. The normalized spacial score (nSPS) is 13.8. The molecule has 0 aliphatic heterocycles. The van der Waals surface area contributed by atoms with Gasteiger partial charge in [-0.2, -0.15) is 0 Å². The molecule has 0 bridgehead atoms. The summed E-state index contributed by atoms with van der Waals surface area (Å²) in [5.41, 5.74) is 13.4. The summed E-state index contributed by atoms with van der Waals surface area (Å²) < 4.78 is 0. The van der Waals surface area contributed by atoms with Gasteiger partial charge in [0.05, 0.1) is 0 Å². The quantitative estimate of drug-likeness (QED) is 0.556. The van der Waals surface area contributed by atoms with Gasteiger partial charge >= 0.3 is 0 Å². The number of carbonyl (C=O) groups is 1. The summed E-state index contributed by atoms with van der Waals surface area (Å²) >= 11 is 0. The molecule has 0 aliphatic carbocycles. The molecule has 0 aromatic carbocycles. The molecule has 0 rings (SSSR count). The summed E-state index contributed by atoms with van der Waals surface area (Å²) in [6, 6.07) is 0. The van der Waals surface area contributed by atoms with Gasteiger partial charge in [0.2, 0.25) is 5.91 Å². The predicted octanol–water partition coefficient (Wildman–Crippen LogP) is 2.51. The van der Waals surface area contributed by atoms with Crippen LogP contribution >= 0.6 is 0 Å². The lowest BCUT2D eigenvalue weighted by atomic mass is 10.1. The molecule has 3 nitrogen and oxygen atoms in total. The summed E-state index contributed by atoms with van der Waals surface area (Å²) in [7, 11) is 0. The second kappa shape index (κ2) is 7.90. The van der Waals surface area contributed by atoms with Crippen LogP contribution in [0.1, 0.15) is 13.8 Å². The molecule has 0 atom stereocenters. The van der Waals surface area contributed by atoms with Gasteiger partial charge in [-0.05, 0) is 25.5 Å². The van der Waals surface area contributed by atoms with Crippen LogP contribution in [0.25, 0.3) is 0 Å². The van der Waals surface area contributed by atoms with Crippen LogP contribution in [-0.4, -0.2) is 5.91 Å². The van der Waals surface area contributed by atoms with Crippen LogP contribution in [-0.2, 0) is 4.79 Å². The first-order valence-electron chi connectivity index (χ1n) is 5.52. The van der Waals surface area contributed by atoms with Crippen molar-refractivity contribution in [2.75, 3.05) is 0 Å². The van der Waals surface area contributed by atoms with Crippen LogP contribution < -0.4 is 11.5 Å². The van der Waals surface area contributed by atoms with Gasteiger partial charge in [0.25, 0.3) is 0 Å². The fourth-order valence-corrected chi connectivity index (χ4v) is 1.18. The van der Waals surface area contributed by atoms with Crippen molar-refractivity contribution in [2.24, 2.45) is 11.5 Å². The van der Waals surface area contributed by atoms with Crippen LogP contribution in [0.2, 0.25) is 0 Å². The van der Waals surface area contributed by atoms with Crippen LogP contribution in [0.4, 0.5) is 0 Å². The summed E-state index contributed by atoms with van der Waals surface area (Å²) in [4.78, 5) is 11.0. The molecule has 0 fully saturated rings. The smallest absolute Gasteiger partial charge is 0.248 e. The molecule has 0 aromatic heterocycles. The summed E-state index contributed by atoms with van der Waals surface area (Å²) in [6.45, 7) is 11.1. The Balaban J connectivity index is 5.01. The first kappa shape index (κ1) is 15.7. The number of hydrogen-bond donors (Lipinski definition) is 2. The van der Waals surface area contributed by atoms with E-state index in [9.17, 15) is 4.79 Å². The van der Waals surface area contributed by atoms with Gasteiger partial charge in [0.15, 0.2) is 0 Å². The summed E-state index contributed by atoms with van der Waals surface area (Å²) in [6.07, 6.45) is 10.3. The zero-order valence-corrected chi connectivity index (χ0v) is 10.9. The number of nitrogens with two attached hydrogens (primary N) is 2. The Morgan fingerprint density at radius 3 is 2.28 bits per heavy atom. The lowest BCUT2D eigenvalue weighted by molar-refractivity contribution is -0.114. The highest BCUT2D eigenvalue weighted by atomic mass is 16.1. The third-order valence-electron chi connectivity index (χ3n) is 2.17. The molecule has 0 saturated heterocycles. The standard InChI is InChI=1S/C15H20N2O/c1-5-7-8-11(3)9-12(4)14(16)10-13(6-2)15(17)18/h5-10H,1,4,16H2,2-3H3,(H2,17,18)/b8-7-,11-9-,13-6+,14-10-. The van der Waals surface area contributed by atoms with Crippen molar-refractivity contribution in [3.05, 3.63) is 72.0 Å². The van der Waals surface area contributed by atoms with Crippen LogP contribution in [0.5, 0.6) is 0 Å². The van der Waals surface area contributed by atoms with E-state index >= 15 is 0 Å². The zero-order valence-electron chi connectivity index (χ0n) is 10.9. The van der Waals surface area contributed by atoms with Crippen LogP contribution in [0.3, 0.4) is 0 Å². The lowest BCUT2D eigenvalue weighted by Crippen LogP contribution is -2.14. The average Bonchev–Trinajstić information content (AvgIpc) is 2.32. The predicted molar refractivity (Wildman–Crippen MR) is 77.5 cm³/mol. The van der Waals surface area contributed by atoms with E-state index in [1.165, 1.54) is 6.08 Å². The van der Waals surface area contributed by atoms with Crippen molar-refractivity contribution >= 4 is 5.91 Å². The minimum absolute atomic E-state index is 0.362. The summed E-state index contributed by atoms with van der Waals surface area (Å²) in [5.74, 6) is -0.513. The van der Waals surface area contributed by atoms with E-state index in [-0.39, 0.29) is 0 Å². The highest BCUT2D eigenvalue weighted by Crippen LogP contribution is 2.10. The molecule has 18 heavy (non-hydrogen) atoms. The first-order valence-corrected chi connectivity index (χ1v) is 5.52. The van der Waals surface area contributed by atoms with Gasteiger partial charge in [0, 0.05) is 11.3 Å². The summed E-state index contributed by atoms with van der Waals surface area (Å²) in [5, 5.41) is 0. The molecule has 3 heteroatoms. The van der Waals surface area contributed by atoms with Crippen LogP contribution in [0.15, 0.2) is 72.0 Å². The molecule has 0 heterocycles. The Kier molecular flexibility index (Phi) is 6.89. The largest absolute Gasteiger partial charge is 0.398 e. The molecule has 0 unspecified atom stereocenters. The fraction of sp³-hybridized carbons (Fsp3) is 0.133. The molecule has 0 spiro atoms. The lowest BCUT2D eigenvalue weighted by Gasteiger charge is -2.03. The minimum Gasteiger partial charge on any atom is -0.398 e. The Bertz CT molecular complexity index is 463. The van der Waals surface area contributed by atoms with E-state index in [1.54, 1.807) is 19.1 Å². The van der Waals surface area contributed by atoms with E-state index in [0.29, 0.717) is 16.8 Å².